The Kier molecular flexibility index (Phi) is 5.86. The molecule has 0 radical (unpaired) electrons. The van der Waals surface area contributed by atoms with E-state index in [4.69, 9.17) is 0 Å². The van der Waals surface area contributed by atoms with E-state index in [1.54, 1.807) is 29.6 Å². The van der Waals surface area contributed by atoms with E-state index in [9.17, 15) is 13.2 Å². The van der Waals surface area contributed by atoms with Crippen LogP contribution < -0.4 is 9.62 Å². The summed E-state index contributed by atoms with van der Waals surface area (Å²) < 4.78 is 27.6. The molecule has 0 saturated heterocycles. The van der Waals surface area contributed by atoms with Crippen molar-refractivity contribution in [3.63, 3.8) is 0 Å². The van der Waals surface area contributed by atoms with Gasteiger partial charge in [0.15, 0.2) is 0 Å². The van der Waals surface area contributed by atoms with E-state index in [2.05, 4.69) is 5.32 Å². The Balaban J connectivity index is 1.91. The van der Waals surface area contributed by atoms with E-state index in [1.807, 2.05) is 51.1 Å². The number of hydrogen-bond donors (Lipinski definition) is 1. The monoisotopic (exact) mass is 414 g/mol. The molecule has 3 rings (SSSR count). The maximum Gasteiger partial charge on any atom is 0.274 e. The summed E-state index contributed by atoms with van der Waals surface area (Å²) in [4.78, 5) is 12.7. The molecule has 1 aromatic heterocycles. The highest BCUT2D eigenvalue weighted by molar-refractivity contribution is 7.94. The zero-order chi connectivity index (χ0) is 20.3. The first kappa shape index (κ1) is 20.1. The number of nitrogens with zero attached hydrogens (tertiary/aromatic N) is 1. The molecule has 0 bridgehead atoms. The number of nitrogens with one attached hydrogen (secondary N) is 1. The normalized spacial score (nSPS) is 11.2. The zero-order valence-electron chi connectivity index (χ0n) is 16.0. The highest BCUT2D eigenvalue weighted by Crippen LogP contribution is 2.27. The van der Waals surface area contributed by atoms with Gasteiger partial charge in [0.2, 0.25) is 5.91 Å². The number of carbonyl (C=O) groups excluding carboxylic acids is 1. The van der Waals surface area contributed by atoms with Crippen LogP contribution >= 0.6 is 11.3 Å². The maximum atomic E-state index is 13.1. The Bertz CT molecular complexity index is 1070. The van der Waals surface area contributed by atoms with Crippen molar-refractivity contribution in [2.75, 3.05) is 16.2 Å². The second-order valence-corrected chi connectivity index (χ2v) is 9.68. The fourth-order valence-electron chi connectivity index (χ4n) is 2.82. The molecule has 1 heterocycles. The van der Waals surface area contributed by atoms with Crippen LogP contribution in [-0.4, -0.2) is 20.9 Å². The standard InChI is InChI=1S/C21H22N2O3S2/c1-15-6-9-18(10-7-15)23(28(25,26)21-5-4-12-27-21)14-20(24)22-19-11-8-16(2)13-17(19)3/h4-13H,14H2,1-3H3,(H,22,24). The second-order valence-electron chi connectivity index (χ2n) is 6.65. The third-order valence-electron chi connectivity index (χ3n) is 4.30. The minimum Gasteiger partial charge on any atom is -0.324 e. The van der Waals surface area contributed by atoms with Crippen LogP contribution in [0.25, 0.3) is 0 Å². The Morgan fingerprint density at radius 2 is 1.68 bits per heavy atom. The van der Waals surface area contributed by atoms with Gasteiger partial charge in [-0.2, -0.15) is 0 Å². The van der Waals surface area contributed by atoms with Gasteiger partial charge < -0.3 is 5.32 Å². The molecule has 0 spiro atoms. The molecular weight excluding hydrogens is 392 g/mol. The molecular formula is C21H22N2O3S2. The van der Waals surface area contributed by atoms with E-state index < -0.39 is 15.9 Å². The van der Waals surface area contributed by atoms with E-state index in [0.29, 0.717) is 11.4 Å². The topological polar surface area (TPSA) is 66.5 Å². The van der Waals surface area contributed by atoms with Gasteiger partial charge in [-0.1, -0.05) is 41.5 Å². The molecule has 0 fully saturated rings. The molecule has 0 atom stereocenters. The van der Waals surface area contributed by atoms with Crippen molar-refractivity contribution in [1.29, 1.82) is 0 Å². The van der Waals surface area contributed by atoms with Crippen molar-refractivity contribution in [3.8, 4) is 0 Å². The van der Waals surface area contributed by atoms with Crippen molar-refractivity contribution < 1.29 is 13.2 Å². The Hall–Kier alpha value is -2.64. The summed E-state index contributed by atoms with van der Waals surface area (Å²) in [5.41, 5.74) is 4.16. The fourth-order valence-corrected chi connectivity index (χ4v) is 5.34. The minimum atomic E-state index is -3.84. The smallest absolute Gasteiger partial charge is 0.274 e. The lowest BCUT2D eigenvalue weighted by atomic mass is 10.1. The molecule has 5 nitrogen and oxygen atoms in total. The summed E-state index contributed by atoms with van der Waals surface area (Å²) in [6, 6.07) is 16.0. The molecule has 3 aromatic rings. The van der Waals surface area contributed by atoms with Gasteiger partial charge >= 0.3 is 0 Å². The molecule has 7 heteroatoms. The van der Waals surface area contributed by atoms with E-state index in [1.165, 1.54) is 0 Å². The van der Waals surface area contributed by atoms with Crippen LogP contribution in [-0.2, 0) is 14.8 Å². The molecule has 0 aliphatic heterocycles. The number of carbonyl (C=O) groups is 1. The van der Waals surface area contributed by atoms with Crippen LogP contribution in [0.1, 0.15) is 16.7 Å². The van der Waals surface area contributed by atoms with E-state index in [0.717, 1.165) is 32.3 Å². The molecule has 1 amide bonds. The third kappa shape index (κ3) is 4.43. The molecule has 0 saturated carbocycles. The van der Waals surface area contributed by atoms with Crippen LogP contribution in [0, 0.1) is 20.8 Å². The number of anilines is 2. The molecule has 2 aromatic carbocycles. The number of aryl methyl sites for hydroxylation is 3. The van der Waals surface area contributed by atoms with Crippen LogP contribution in [0.2, 0.25) is 0 Å². The molecule has 0 aliphatic carbocycles. The van der Waals surface area contributed by atoms with Crippen molar-refractivity contribution in [2.24, 2.45) is 0 Å². The number of hydrogen-bond acceptors (Lipinski definition) is 4. The lowest BCUT2D eigenvalue weighted by Gasteiger charge is -2.23. The van der Waals surface area contributed by atoms with Crippen LogP contribution in [0.15, 0.2) is 64.2 Å². The predicted octanol–water partition coefficient (Wildman–Crippen LogP) is 4.51. The molecule has 1 N–H and O–H groups in total. The van der Waals surface area contributed by atoms with Crippen LogP contribution in [0.4, 0.5) is 11.4 Å². The van der Waals surface area contributed by atoms with E-state index in [-0.39, 0.29) is 10.8 Å². The van der Waals surface area contributed by atoms with Crippen LogP contribution in [0.3, 0.4) is 0 Å². The van der Waals surface area contributed by atoms with Gasteiger partial charge in [0.1, 0.15) is 10.8 Å². The Labute approximate surface area is 169 Å². The predicted molar refractivity (Wildman–Crippen MR) is 115 cm³/mol. The third-order valence-corrected chi connectivity index (χ3v) is 7.45. The number of sulfonamides is 1. The summed E-state index contributed by atoms with van der Waals surface area (Å²) in [6.07, 6.45) is 0. The number of thiophene rings is 1. The molecule has 146 valence electrons. The number of amides is 1. The Morgan fingerprint density at radius 3 is 2.29 bits per heavy atom. The second kappa shape index (κ2) is 8.16. The van der Waals surface area contributed by atoms with Crippen molar-refractivity contribution in [1.82, 2.24) is 0 Å². The highest BCUT2D eigenvalue weighted by atomic mass is 32.2. The summed E-state index contributed by atoms with van der Waals surface area (Å²) in [7, 11) is -3.84. The number of benzene rings is 2. The van der Waals surface area contributed by atoms with Gasteiger partial charge in [-0.25, -0.2) is 8.42 Å². The van der Waals surface area contributed by atoms with Crippen LogP contribution in [0.5, 0.6) is 0 Å². The average molecular weight is 415 g/mol. The largest absolute Gasteiger partial charge is 0.324 e. The fraction of sp³-hybridized carbons (Fsp3) is 0.190. The minimum absolute atomic E-state index is 0.201. The van der Waals surface area contributed by atoms with Gasteiger partial charge in [-0.3, -0.25) is 9.10 Å². The summed E-state index contributed by atoms with van der Waals surface area (Å²) in [6.45, 7) is 5.50. The van der Waals surface area contributed by atoms with E-state index >= 15 is 0 Å². The number of rotatable bonds is 6. The summed E-state index contributed by atoms with van der Waals surface area (Å²) >= 11 is 1.13. The summed E-state index contributed by atoms with van der Waals surface area (Å²) in [5.74, 6) is -0.396. The van der Waals surface area contributed by atoms with Gasteiger partial charge in [-0.15, -0.1) is 11.3 Å². The van der Waals surface area contributed by atoms with Crippen molar-refractivity contribution >= 4 is 38.6 Å². The van der Waals surface area contributed by atoms with Crippen molar-refractivity contribution in [2.45, 2.75) is 25.0 Å². The summed E-state index contributed by atoms with van der Waals surface area (Å²) in [5, 5.41) is 4.53. The van der Waals surface area contributed by atoms with Crippen molar-refractivity contribution in [3.05, 3.63) is 76.7 Å². The van der Waals surface area contributed by atoms with Gasteiger partial charge in [0, 0.05) is 5.69 Å². The first-order chi connectivity index (χ1) is 13.3. The average Bonchev–Trinajstić information content (AvgIpc) is 3.18. The lowest BCUT2D eigenvalue weighted by molar-refractivity contribution is -0.114. The van der Waals surface area contributed by atoms with Gasteiger partial charge in [0.05, 0.1) is 5.69 Å². The first-order valence-corrected chi connectivity index (χ1v) is 11.1. The SMILES string of the molecule is Cc1ccc(N(CC(=O)Nc2ccc(C)cc2C)S(=O)(=O)c2cccs2)cc1. The molecule has 0 aliphatic rings. The highest BCUT2D eigenvalue weighted by Gasteiger charge is 2.28. The maximum absolute atomic E-state index is 13.1. The van der Waals surface area contributed by atoms with Gasteiger partial charge in [0.25, 0.3) is 10.0 Å². The molecule has 0 unspecified atom stereocenters. The Morgan fingerprint density at radius 1 is 1.00 bits per heavy atom. The zero-order valence-corrected chi connectivity index (χ0v) is 17.6. The quantitative estimate of drug-likeness (QED) is 0.645. The lowest BCUT2D eigenvalue weighted by Crippen LogP contribution is -2.38. The molecule has 28 heavy (non-hydrogen) atoms. The first-order valence-electron chi connectivity index (χ1n) is 8.77. The van der Waals surface area contributed by atoms with Gasteiger partial charge in [-0.05, 0) is 56.0 Å².